The van der Waals surface area contributed by atoms with Gasteiger partial charge < -0.3 is 15.2 Å². The predicted molar refractivity (Wildman–Crippen MR) is 63.2 cm³/mol. The average molecular weight is 256 g/mol. The summed E-state index contributed by atoms with van der Waals surface area (Å²) in [5, 5.41) is 0. The Kier molecular flexibility index (Phi) is 6.87. The van der Waals surface area contributed by atoms with Crippen LogP contribution in [0.25, 0.3) is 0 Å². The molecular weight excluding hydrogens is 240 g/mol. The van der Waals surface area contributed by atoms with Crippen LogP contribution in [0.5, 0.6) is 0 Å². The van der Waals surface area contributed by atoms with Crippen LogP contribution in [-0.4, -0.2) is 42.6 Å². The fourth-order valence-corrected chi connectivity index (χ4v) is 0.839. The highest BCUT2D eigenvalue weighted by atomic mass is 16.6. The second-order valence-electron chi connectivity index (χ2n) is 3.29. The van der Waals surface area contributed by atoms with E-state index < -0.39 is 24.6 Å². The number of carbonyl (C=O) groups excluding carboxylic acids is 3. The number of urea groups is 1. The molecule has 0 aliphatic rings. The highest BCUT2D eigenvalue weighted by Gasteiger charge is 2.10. The number of primary amides is 1. The number of hydrogen-bond donors (Lipinski definition) is 1. The number of amides is 2. The lowest BCUT2D eigenvalue weighted by Crippen LogP contribution is -2.34. The third-order valence-electron chi connectivity index (χ3n) is 1.77. The fourth-order valence-electron chi connectivity index (χ4n) is 0.839. The molecule has 0 aromatic rings. The Morgan fingerprint density at radius 2 is 1.94 bits per heavy atom. The Labute approximate surface area is 105 Å². The van der Waals surface area contributed by atoms with E-state index in [1.807, 2.05) is 0 Å². The maximum Gasteiger partial charge on any atom is 0.344 e. The highest BCUT2D eigenvalue weighted by molar-refractivity contribution is 5.88. The lowest BCUT2D eigenvalue weighted by molar-refractivity contribution is -0.156. The smallest absolute Gasteiger partial charge is 0.344 e. The van der Waals surface area contributed by atoms with Gasteiger partial charge in [0.15, 0.2) is 6.61 Å². The summed E-state index contributed by atoms with van der Waals surface area (Å²) in [5.41, 5.74) is 5.18. The second-order valence-corrected chi connectivity index (χ2v) is 3.29. The summed E-state index contributed by atoms with van der Waals surface area (Å²) in [7, 11) is 0. The number of ether oxygens (including phenoxy) is 2. The quantitative estimate of drug-likeness (QED) is 0.517. The molecule has 2 amide bonds. The first-order valence-electron chi connectivity index (χ1n) is 5.05. The number of rotatable bonds is 7. The molecule has 0 rings (SSSR count). The zero-order valence-corrected chi connectivity index (χ0v) is 10.2. The van der Waals surface area contributed by atoms with Crippen LogP contribution in [0, 0.1) is 0 Å². The van der Waals surface area contributed by atoms with Crippen LogP contribution in [0.3, 0.4) is 0 Å². The molecule has 0 heterocycles. The standard InChI is InChI=1S/C11H16N2O5/c1-4-13(11(12)16)5-6-17-9(14)7-18-10(15)8(2)3/h4H,1-2,5-7H2,3H3,(H2,12,16). The van der Waals surface area contributed by atoms with Gasteiger partial charge in [-0.2, -0.15) is 0 Å². The van der Waals surface area contributed by atoms with Crippen LogP contribution in [0.4, 0.5) is 4.79 Å². The molecule has 2 N–H and O–H groups in total. The Morgan fingerprint density at radius 3 is 2.39 bits per heavy atom. The number of hydrogen-bond acceptors (Lipinski definition) is 5. The van der Waals surface area contributed by atoms with Gasteiger partial charge in [-0.25, -0.2) is 14.4 Å². The van der Waals surface area contributed by atoms with Gasteiger partial charge in [0, 0.05) is 11.8 Å². The maximum absolute atomic E-state index is 11.1. The summed E-state index contributed by atoms with van der Waals surface area (Å²) < 4.78 is 9.27. The molecule has 0 aliphatic heterocycles. The van der Waals surface area contributed by atoms with Crippen LogP contribution in [0.2, 0.25) is 0 Å². The number of esters is 2. The van der Waals surface area contributed by atoms with E-state index >= 15 is 0 Å². The number of nitrogens with two attached hydrogens (primary N) is 1. The SMILES string of the molecule is C=CN(CCOC(=O)COC(=O)C(=C)C)C(N)=O. The summed E-state index contributed by atoms with van der Waals surface area (Å²) in [4.78, 5) is 33.9. The van der Waals surface area contributed by atoms with Crippen molar-refractivity contribution in [1.82, 2.24) is 4.90 Å². The van der Waals surface area contributed by atoms with Gasteiger partial charge in [-0.1, -0.05) is 13.2 Å². The molecule has 0 aliphatic carbocycles. The number of carbonyl (C=O) groups is 3. The molecule has 7 heteroatoms. The van der Waals surface area contributed by atoms with Crippen LogP contribution in [0.15, 0.2) is 24.9 Å². The Hall–Kier alpha value is -2.31. The summed E-state index contributed by atoms with van der Waals surface area (Å²) in [6.07, 6.45) is 1.22. The van der Waals surface area contributed by atoms with Crippen molar-refractivity contribution in [2.45, 2.75) is 6.92 Å². The maximum atomic E-state index is 11.1. The largest absolute Gasteiger partial charge is 0.461 e. The van der Waals surface area contributed by atoms with E-state index in [1.54, 1.807) is 0 Å². The van der Waals surface area contributed by atoms with Crippen molar-refractivity contribution in [3.63, 3.8) is 0 Å². The predicted octanol–water partition coefficient (Wildman–Crippen LogP) is 0.173. The van der Waals surface area contributed by atoms with Crippen LogP contribution in [0.1, 0.15) is 6.92 Å². The number of nitrogens with zero attached hydrogens (tertiary/aromatic N) is 1. The third kappa shape index (κ3) is 6.31. The van der Waals surface area contributed by atoms with Crippen molar-refractivity contribution in [3.05, 3.63) is 24.9 Å². The van der Waals surface area contributed by atoms with Crippen LogP contribution >= 0.6 is 0 Å². The van der Waals surface area contributed by atoms with Crippen molar-refractivity contribution in [1.29, 1.82) is 0 Å². The fraction of sp³-hybridized carbons (Fsp3) is 0.364. The molecule has 7 nitrogen and oxygen atoms in total. The van der Waals surface area contributed by atoms with Gasteiger partial charge in [-0.15, -0.1) is 0 Å². The van der Waals surface area contributed by atoms with E-state index in [-0.39, 0.29) is 18.7 Å². The molecule has 0 bridgehead atoms. The molecule has 0 unspecified atom stereocenters. The zero-order valence-electron chi connectivity index (χ0n) is 10.2. The average Bonchev–Trinajstić information content (AvgIpc) is 2.30. The van der Waals surface area contributed by atoms with E-state index in [1.165, 1.54) is 13.1 Å². The van der Waals surface area contributed by atoms with Gasteiger partial charge in [0.2, 0.25) is 0 Å². The normalized spacial score (nSPS) is 9.17. The van der Waals surface area contributed by atoms with Crippen molar-refractivity contribution < 1.29 is 23.9 Å². The first kappa shape index (κ1) is 15.7. The molecule has 0 fully saturated rings. The Bertz CT molecular complexity index is 364. The Morgan fingerprint density at radius 1 is 1.33 bits per heavy atom. The van der Waals surface area contributed by atoms with E-state index in [0.717, 1.165) is 4.90 Å². The summed E-state index contributed by atoms with van der Waals surface area (Å²) in [6, 6.07) is -0.699. The van der Waals surface area contributed by atoms with E-state index in [0.29, 0.717) is 0 Å². The lowest BCUT2D eigenvalue weighted by Gasteiger charge is -2.14. The molecule has 0 spiro atoms. The van der Waals surface area contributed by atoms with Gasteiger partial charge in [0.25, 0.3) is 0 Å². The highest BCUT2D eigenvalue weighted by Crippen LogP contribution is 1.93. The molecule has 0 atom stereocenters. The molecule has 0 saturated heterocycles. The first-order chi connectivity index (χ1) is 8.38. The molecule has 0 saturated carbocycles. The van der Waals surface area contributed by atoms with E-state index in [4.69, 9.17) is 10.5 Å². The minimum atomic E-state index is -0.724. The van der Waals surface area contributed by atoms with E-state index in [2.05, 4.69) is 17.9 Å². The lowest BCUT2D eigenvalue weighted by atomic mass is 10.4. The molecule has 0 aromatic carbocycles. The zero-order chi connectivity index (χ0) is 14.1. The van der Waals surface area contributed by atoms with Gasteiger partial charge in [0.05, 0.1) is 6.54 Å². The van der Waals surface area contributed by atoms with Gasteiger partial charge in [-0.3, -0.25) is 4.90 Å². The summed E-state index contributed by atoms with van der Waals surface area (Å²) >= 11 is 0. The monoisotopic (exact) mass is 256 g/mol. The topological polar surface area (TPSA) is 98.9 Å². The summed E-state index contributed by atoms with van der Waals surface area (Å²) in [6.45, 7) is 7.69. The van der Waals surface area contributed by atoms with Crippen LogP contribution < -0.4 is 5.73 Å². The third-order valence-corrected chi connectivity index (χ3v) is 1.77. The van der Waals surface area contributed by atoms with Gasteiger partial charge in [-0.05, 0) is 6.92 Å². The minimum Gasteiger partial charge on any atom is -0.461 e. The van der Waals surface area contributed by atoms with Gasteiger partial charge >= 0.3 is 18.0 Å². The van der Waals surface area contributed by atoms with Crippen molar-refractivity contribution in [2.24, 2.45) is 5.73 Å². The van der Waals surface area contributed by atoms with Crippen LogP contribution in [-0.2, 0) is 19.1 Å². The van der Waals surface area contributed by atoms with Crippen molar-refractivity contribution >= 4 is 18.0 Å². The second kappa shape index (κ2) is 7.88. The molecular formula is C11H16N2O5. The van der Waals surface area contributed by atoms with Crippen molar-refractivity contribution in [3.8, 4) is 0 Å². The summed E-state index contributed by atoms with van der Waals surface area (Å²) in [5.74, 6) is -1.39. The molecule has 0 aromatic heterocycles. The minimum absolute atomic E-state index is 0.0710. The molecule has 18 heavy (non-hydrogen) atoms. The Balaban J connectivity index is 3.84. The molecule has 100 valence electrons. The van der Waals surface area contributed by atoms with Gasteiger partial charge in [0.1, 0.15) is 6.61 Å². The molecule has 0 radical (unpaired) electrons. The van der Waals surface area contributed by atoms with Crippen molar-refractivity contribution in [2.75, 3.05) is 19.8 Å². The van der Waals surface area contributed by atoms with E-state index in [9.17, 15) is 14.4 Å². The first-order valence-corrected chi connectivity index (χ1v) is 5.05.